The molecule has 11 heteroatoms. The molecule has 0 radical (unpaired) electrons. The van der Waals surface area contributed by atoms with E-state index in [1.807, 2.05) is 37.5 Å². The van der Waals surface area contributed by atoms with Crippen molar-refractivity contribution in [2.75, 3.05) is 10.6 Å². The number of carbonyl (C=O) groups is 1. The number of nitrogens with two attached hydrogens (primary N) is 2. The molecular weight excluding hydrogens is 437 g/mol. The Bertz CT molecular complexity index is 1350. The number of primary amides is 1. The van der Waals surface area contributed by atoms with Crippen molar-refractivity contribution in [2.45, 2.75) is 37.8 Å². The molecule has 5 rings (SSSR count). The maximum atomic E-state index is 14.8. The van der Waals surface area contributed by atoms with E-state index < -0.39 is 11.7 Å². The fourth-order valence-electron chi connectivity index (χ4n) is 4.41. The number of halogens is 1. The second kappa shape index (κ2) is 8.75. The van der Waals surface area contributed by atoms with E-state index in [4.69, 9.17) is 11.5 Å². The van der Waals surface area contributed by atoms with Gasteiger partial charge in [0.1, 0.15) is 5.82 Å². The molecule has 0 saturated heterocycles. The standard InChI is InChI=1S/C23H26FN9O/c1-32-19-8-7-13(11-14(19)23(31-32)33-10-4-9-27-33)28-21-15(20(26)34)12-16(24)22(30-21)29-18-6-3-2-5-17(18)25/h4,7-12,17-18H,2-3,5-6,25H2,1H3,(H2,26,34)(H2,28,29,30)/t17-,18+/m0/s1. The first-order valence-corrected chi connectivity index (χ1v) is 11.2. The minimum absolute atomic E-state index is 0.0366. The fourth-order valence-corrected chi connectivity index (χ4v) is 4.41. The van der Waals surface area contributed by atoms with Crippen LogP contribution in [0, 0.1) is 5.82 Å². The van der Waals surface area contributed by atoms with Crippen LogP contribution in [0.25, 0.3) is 16.7 Å². The Kier molecular flexibility index (Phi) is 5.62. The average Bonchev–Trinajstić information content (AvgIpc) is 3.45. The Hall–Kier alpha value is -3.99. The molecule has 2 atom stereocenters. The molecular formula is C23H26FN9O. The summed E-state index contributed by atoms with van der Waals surface area (Å²) < 4.78 is 18.2. The lowest BCUT2D eigenvalue weighted by atomic mass is 9.91. The van der Waals surface area contributed by atoms with Gasteiger partial charge in [0, 0.05) is 42.6 Å². The van der Waals surface area contributed by atoms with E-state index in [9.17, 15) is 9.18 Å². The molecule has 3 aromatic heterocycles. The predicted molar refractivity (Wildman–Crippen MR) is 128 cm³/mol. The average molecular weight is 464 g/mol. The van der Waals surface area contributed by atoms with Gasteiger partial charge >= 0.3 is 0 Å². The molecule has 4 aromatic rings. The summed E-state index contributed by atoms with van der Waals surface area (Å²) in [5.41, 5.74) is 13.2. The van der Waals surface area contributed by atoms with Crippen LogP contribution in [0.4, 0.5) is 21.7 Å². The molecule has 1 amide bonds. The lowest BCUT2D eigenvalue weighted by Crippen LogP contribution is -2.43. The summed E-state index contributed by atoms with van der Waals surface area (Å²) in [4.78, 5) is 16.4. The molecule has 34 heavy (non-hydrogen) atoms. The van der Waals surface area contributed by atoms with Gasteiger partial charge in [0.05, 0.1) is 11.1 Å². The molecule has 10 nitrogen and oxygen atoms in total. The van der Waals surface area contributed by atoms with Gasteiger partial charge in [-0.05, 0) is 43.2 Å². The van der Waals surface area contributed by atoms with E-state index in [0.29, 0.717) is 11.5 Å². The highest BCUT2D eigenvalue weighted by Gasteiger charge is 2.24. The number of aromatic nitrogens is 5. The van der Waals surface area contributed by atoms with Gasteiger partial charge < -0.3 is 22.1 Å². The summed E-state index contributed by atoms with van der Waals surface area (Å²) in [6, 6.07) is 8.34. The second-order valence-corrected chi connectivity index (χ2v) is 8.53. The van der Waals surface area contributed by atoms with Crippen LogP contribution in [0.5, 0.6) is 0 Å². The summed E-state index contributed by atoms with van der Waals surface area (Å²) in [7, 11) is 1.85. The molecule has 1 aliphatic carbocycles. The number of benzene rings is 1. The summed E-state index contributed by atoms with van der Waals surface area (Å²) in [5, 5.41) is 15.9. The van der Waals surface area contributed by atoms with Gasteiger partial charge in [-0.2, -0.15) is 10.2 Å². The molecule has 1 aliphatic rings. The second-order valence-electron chi connectivity index (χ2n) is 8.53. The smallest absolute Gasteiger partial charge is 0.252 e. The van der Waals surface area contributed by atoms with E-state index in [2.05, 4.69) is 25.8 Å². The van der Waals surface area contributed by atoms with Crippen molar-refractivity contribution in [1.82, 2.24) is 24.5 Å². The van der Waals surface area contributed by atoms with Gasteiger partial charge in [-0.15, -0.1) is 0 Å². The zero-order chi connectivity index (χ0) is 23.8. The number of nitrogens with one attached hydrogen (secondary N) is 2. The maximum absolute atomic E-state index is 14.8. The van der Waals surface area contributed by atoms with E-state index in [1.165, 1.54) is 0 Å². The van der Waals surface area contributed by atoms with Crippen LogP contribution in [0.3, 0.4) is 0 Å². The number of amides is 1. The van der Waals surface area contributed by atoms with Crippen molar-refractivity contribution in [2.24, 2.45) is 18.5 Å². The molecule has 1 fully saturated rings. The Balaban J connectivity index is 1.51. The Morgan fingerprint density at radius 2 is 2.03 bits per heavy atom. The van der Waals surface area contributed by atoms with Crippen LogP contribution in [-0.2, 0) is 7.05 Å². The first-order valence-electron chi connectivity index (χ1n) is 11.2. The van der Waals surface area contributed by atoms with Crippen molar-refractivity contribution in [3.8, 4) is 5.82 Å². The number of pyridine rings is 1. The van der Waals surface area contributed by atoms with Gasteiger partial charge in [-0.1, -0.05) is 12.8 Å². The lowest BCUT2D eigenvalue weighted by molar-refractivity contribution is 0.100. The van der Waals surface area contributed by atoms with Crippen molar-refractivity contribution >= 4 is 34.1 Å². The van der Waals surface area contributed by atoms with Crippen LogP contribution in [0.2, 0.25) is 0 Å². The van der Waals surface area contributed by atoms with Crippen LogP contribution in [-0.4, -0.2) is 42.5 Å². The monoisotopic (exact) mass is 463 g/mol. The minimum Gasteiger partial charge on any atom is -0.365 e. The third-order valence-electron chi connectivity index (χ3n) is 6.20. The predicted octanol–water partition coefficient (Wildman–Crippen LogP) is 2.82. The summed E-state index contributed by atoms with van der Waals surface area (Å²) in [6.45, 7) is 0. The largest absolute Gasteiger partial charge is 0.365 e. The molecule has 0 aliphatic heterocycles. The van der Waals surface area contributed by atoms with Crippen molar-refractivity contribution in [3.63, 3.8) is 0 Å². The molecule has 176 valence electrons. The van der Waals surface area contributed by atoms with E-state index in [0.717, 1.165) is 42.7 Å². The number of fused-ring (bicyclic) bond motifs is 1. The highest BCUT2D eigenvalue weighted by Crippen LogP contribution is 2.29. The van der Waals surface area contributed by atoms with Crippen LogP contribution < -0.4 is 22.1 Å². The number of aryl methyl sites for hydroxylation is 1. The molecule has 1 aromatic carbocycles. The van der Waals surface area contributed by atoms with Gasteiger partial charge in [0.15, 0.2) is 17.5 Å². The number of hydrogen-bond acceptors (Lipinski definition) is 7. The van der Waals surface area contributed by atoms with E-state index in [1.54, 1.807) is 15.6 Å². The molecule has 0 spiro atoms. The zero-order valence-electron chi connectivity index (χ0n) is 18.7. The molecule has 1 saturated carbocycles. The molecule has 0 bridgehead atoms. The van der Waals surface area contributed by atoms with Crippen LogP contribution in [0.1, 0.15) is 36.0 Å². The first kappa shape index (κ1) is 21.8. The number of carbonyl (C=O) groups excluding carboxylic acids is 1. The quantitative estimate of drug-likeness (QED) is 0.344. The number of nitrogens with zero attached hydrogens (tertiary/aromatic N) is 5. The SMILES string of the molecule is Cn1nc(-n2cccn2)c2cc(Nc3nc(N[C@@H]4CCCC[C@@H]4N)c(F)cc3C(N)=O)ccc21. The topological polar surface area (TPSA) is 142 Å². The van der Waals surface area contributed by atoms with Crippen LogP contribution in [0.15, 0.2) is 42.7 Å². The molecule has 6 N–H and O–H groups in total. The van der Waals surface area contributed by atoms with E-state index >= 15 is 0 Å². The zero-order valence-corrected chi connectivity index (χ0v) is 18.7. The first-order chi connectivity index (χ1) is 16.4. The van der Waals surface area contributed by atoms with Gasteiger partial charge in [-0.25, -0.2) is 14.1 Å². The molecule has 3 heterocycles. The van der Waals surface area contributed by atoms with Gasteiger partial charge in [0.25, 0.3) is 5.91 Å². The number of hydrogen-bond donors (Lipinski definition) is 4. The van der Waals surface area contributed by atoms with Gasteiger partial charge in [-0.3, -0.25) is 9.48 Å². The highest BCUT2D eigenvalue weighted by atomic mass is 19.1. The van der Waals surface area contributed by atoms with Crippen molar-refractivity contribution in [3.05, 3.63) is 54.1 Å². The minimum atomic E-state index is -0.783. The van der Waals surface area contributed by atoms with Crippen molar-refractivity contribution < 1.29 is 9.18 Å². The summed E-state index contributed by atoms with van der Waals surface area (Å²) in [6.07, 6.45) is 7.25. The lowest BCUT2D eigenvalue weighted by Gasteiger charge is -2.30. The normalized spacial score (nSPS) is 18.2. The third-order valence-corrected chi connectivity index (χ3v) is 6.20. The number of anilines is 3. The van der Waals surface area contributed by atoms with Crippen LogP contribution >= 0.6 is 0 Å². The maximum Gasteiger partial charge on any atom is 0.252 e. The van der Waals surface area contributed by atoms with E-state index in [-0.39, 0.29) is 29.3 Å². The highest BCUT2D eigenvalue weighted by molar-refractivity contribution is 5.99. The summed E-state index contributed by atoms with van der Waals surface area (Å²) in [5.74, 6) is -0.587. The third kappa shape index (κ3) is 4.05. The van der Waals surface area contributed by atoms with Crippen molar-refractivity contribution in [1.29, 1.82) is 0 Å². The fraction of sp³-hybridized carbons (Fsp3) is 0.304. The summed E-state index contributed by atoms with van der Waals surface area (Å²) >= 11 is 0. The van der Waals surface area contributed by atoms with Gasteiger partial charge in [0.2, 0.25) is 0 Å². The number of rotatable bonds is 6. The molecule has 0 unspecified atom stereocenters. The Morgan fingerprint density at radius 3 is 2.76 bits per heavy atom. The Labute approximate surface area is 195 Å². The Morgan fingerprint density at radius 1 is 1.21 bits per heavy atom.